The van der Waals surface area contributed by atoms with Crippen LogP contribution in [0.1, 0.15) is 27.5 Å². The van der Waals surface area contributed by atoms with Crippen molar-refractivity contribution in [2.45, 2.75) is 35.8 Å². The smallest absolute Gasteiger partial charge is 0.325 e. The third-order valence-corrected chi connectivity index (χ3v) is 10.5. The van der Waals surface area contributed by atoms with E-state index in [9.17, 15) is 32.3 Å². The molecule has 6 rings (SSSR count). The lowest BCUT2D eigenvalue weighted by molar-refractivity contribution is -0.137. The number of anilines is 2. The van der Waals surface area contributed by atoms with Crippen LogP contribution in [-0.2, 0) is 27.1 Å². The van der Waals surface area contributed by atoms with E-state index in [4.69, 9.17) is 0 Å². The van der Waals surface area contributed by atoms with Gasteiger partial charge in [-0.3, -0.25) is 23.7 Å². The highest BCUT2D eigenvalue weighted by molar-refractivity contribution is 9.10. The Morgan fingerprint density at radius 1 is 0.953 bits per heavy atom. The number of imide groups is 1. The summed E-state index contributed by atoms with van der Waals surface area (Å²) in [6.45, 7) is 1.56. The summed E-state index contributed by atoms with van der Waals surface area (Å²) in [5.74, 6) is -3.92. The van der Waals surface area contributed by atoms with Gasteiger partial charge in [0.25, 0.3) is 0 Å². The lowest BCUT2D eigenvalue weighted by Gasteiger charge is -2.30. The van der Waals surface area contributed by atoms with Crippen molar-refractivity contribution in [3.05, 3.63) is 109 Å². The maximum absolute atomic E-state index is 14.0. The number of aryl methyl sites for hydroxylation is 1. The van der Waals surface area contributed by atoms with E-state index in [-0.39, 0.29) is 6.54 Å². The first kappa shape index (κ1) is 29.4. The molecule has 4 aromatic rings. The number of alkyl halides is 3. The summed E-state index contributed by atoms with van der Waals surface area (Å²) in [4.78, 5) is 54.7. The zero-order valence-corrected chi connectivity index (χ0v) is 25.4. The fourth-order valence-corrected chi connectivity index (χ4v) is 8.45. The number of thioether (sulfide) groups is 1. The molecule has 43 heavy (non-hydrogen) atoms. The summed E-state index contributed by atoms with van der Waals surface area (Å²) < 4.78 is 43.8. The van der Waals surface area contributed by atoms with Gasteiger partial charge in [-0.25, -0.2) is 4.90 Å². The molecule has 2 aliphatic rings. The van der Waals surface area contributed by atoms with Crippen LogP contribution in [0.5, 0.6) is 0 Å². The molecular weight excluding hydrogens is 667 g/mol. The predicted molar refractivity (Wildman–Crippen MR) is 161 cm³/mol. The number of hydrogen-bond donors (Lipinski definition) is 1. The van der Waals surface area contributed by atoms with Crippen molar-refractivity contribution in [2.24, 2.45) is 5.92 Å². The number of fused-ring (bicyclic) bond motifs is 2. The van der Waals surface area contributed by atoms with Crippen molar-refractivity contribution in [1.29, 1.82) is 0 Å². The van der Waals surface area contributed by atoms with E-state index in [1.54, 1.807) is 36.4 Å². The van der Waals surface area contributed by atoms with Gasteiger partial charge in [0.1, 0.15) is 11.8 Å². The topological polar surface area (TPSA) is 88.5 Å². The van der Waals surface area contributed by atoms with E-state index in [1.807, 2.05) is 19.1 Å². The van der Waals surface area contributed by atoms with Crippen molar-refractivity contribution >= 4 is 68.1 Å². The quantitative estimate of drug-likeness (QED) is 0.244. The van der Waals surface area contributed by atoms with Crippen LogP contribution < -0.4 is 15.1 Å². The number of halogens is 4. The first-order valence-corrected chi connectivity index (χ1v) is 15.5. The van der Waals surface area contributed by atoms with Crippen LogP contribution in [0.15, 0.2) is 87.1 Å². The van der Waals surface area contributed by atoms with Gasteiger partial charge in [-0.2, -0.15) is 13.2 Å². The number of para-hydroxylation sites is 1. The molecule has 3 atom stereocenters. The fourth-order valence-electron chi connectivity index (χ4n) is 5.41. The van der Waals surface area contributed by atoms with Crippen LogP contribution in [0.3, 0.4) is 0 Å². The van der Waals surface area contributed by atoms with Crippen molar-refractivity contribution < 1.29 is 27.6 Å². The summed E-state index contributed by atoms with van der Waals surface area (Å²) in [7, 11) is 0. The van der Waals surface area contributed by atoms with Crippen molar-refractivity contribution in [3.8, 4) is 0 Å². The predicted octanol–water partition coefficient (Wildman–Crippen LogP) is 6.43. The number of aromatic nitrogens is 1. The summed E-state index contributed by atoms with van der Waals surface area (Å²) in [6.07, 6.45) is -4.80. The molecule has 1 fully saturated rings. The molecule has 2 aliphatic heterocycles. The van der Waals surface area contributed by atoms with Gasteiger partial charge >= 0.3 is 11.0 Å². The number of nitrogens with zero attached hydrogens (tertiary/aromatic N) is 2. The van der Waals surface area contributed by atoms with Crippen molar-refractivity contribution in [1.82, 2.24) is 4.57 Å². The number of amides is 3. The molecule has 1 N–H and O–H groups in total. The Balaban J connectivity index is 1.43. The standard InChI is InChI=1S/C30H21BrF3N3O4S2/c1-15-6-12-18(13-7-15)35-21(38)14-36-28-25(43-29(36)41)22(16-8-10-17(31)11-9-16)23-24(42-28)27(40)37(26(23)39)20-5-3-2-4-19(20)30(32,33)34/h2-13,22-24H,14H2,1H3,(H,35,38)/t22-,23-,24+/m0/s1. The van der Waals surface area contributed by atoms with Gasteiger partial charge in [0.05, 0.1) is 22.2 Å². The van der Waals surface area contributed by atoms with Gasteiger partial charge in [0, 0.05) is 21.0 Å². The summed E-state index contributed by atoms with van der Waals surface area (Å²) in [6, 6.07) is 18.6. The number of hydrogen-bond acceptors (Lipinski definition) is 6. The van der Waals surface area contributed by atoms with E-state index >= 15 is 0 Å². The van der Waals surface area contributed by atoms with Crippen LogP contribution in [0, 0.1) is 12.8 Å². The number of carbonyl (C=O) groups is 3. The molecule has 0 spiro atoms. The van der Waals surface area contributed by atoms with Crippen LogP contribution in [-0.4, -0.2) is 27.5 Å². The molecule has 1 aromatic heterocycles. The van der Waals surface area contributed by atoms with Crippen molar-refractivity contribution in [3.63, 3.8) is 0 Å². The summed E-state index contributed by atoms with van der Waals surface area (Å²) in [5, 5.41) is 1.98. The highest BCUT2D eigenvalue weighted by Crippen LogP contribution is 2.54. The van der Waals surface area contributed by atoms with Gasteiger partial charge in [-0.15, -0.1) is 0 Å². The Morgan fingerprint density at radius 3 is 2.30 bits per heavy atom. The lowest BCUT2D eigenvalue weighted by Crippen LogP contribution is -2.33. The first-order chi connectivity index (χ1) is 20.4. The average Bonchev–Trinajstić information content (AvgIpc) is 3.40. The minimum atomic E-state index is -4.80. The molecule has 3 heterocycles. The molecule has 13 heteroatoms. The molecule has 220 valence electrons. The maximum Gasteiger partial charge on any atom is 0.418 e. The molecule has 1 saturated heterocycles. The summed E-state index contributed by atoms with van der Waals surface area (Å²) >= 11 is 5.19. The number of thiazole rings is 1. The number of benzene rings is 3. The Morgan fingerprint density at radius 2 is 1.63 bits per heavy atom. The van der Waals surface area contributed by atoms with E-state index in [0.717, 1.165) is 45.3 Å². The second kappa shape index (κ2) is 11.1. The molecule has 0 unspecified atom stereocenters. The van der Waals surface area contributed by atoms with Gasteiger partial charge in [0.15, 0.2) is 0 Å². The van der Waals surface area contributed by atoms with E-state index < -0.39 is 57.1 Å². The average molecular weight is 689 g/mol. The van der Waals surface area contributed by atoms with Gasteiger partial charge in [-0.05, 0) is 48.9 Å². The monoisotopic (exact) mass is 687 g/mol. The molecule has 7 nitrogen and oxygen atoms in total. The Kier molecular flexibility index (Phi) is 7.59. The number of nitrogens with one attached hydrogen (secondary N) is 1. The summed E-state index contributed by atoms with van der Waals surface area (Å²) in [5.41, 5.74) is 0.537. The van der Waals surface area contributed by atoms with Crippen LogP contribution in [0.2, 0.25) is 0 Å². The minimum absolute atomic E-state index is 0.343. The first-order valence-electron chi connectivity index (χ1n) is 13.0. The minimum Gasteiger partial charge on any atom is -0.325 e. The van der Waals surface area contributed by atoms with E-state index in [0.29, 0.717) is 26.1 Å². The highest BCUT2D eigenvalue weighted by Gasteiger charge is 2.57. The number of carbonyl (C=O) groups excluding carboxylic acids is 3. The fraction of sp³-hybridized carbons (Fsp3) is 0.200. The molecular formula is C30H21BrF3N3O4S2. The third kappa shape index (κ3) is 5.34. The molecule has 0 radical (unpaired) electrons. The molecule has 0 saturated carbocycles. The van der Waals surface area contributed by atoms with Gasteiger partial charge < -0.3 is 5.32 Å². The largest absolute Gasteiger partial charge is 0.418 e. The van der Waals surface area contributed by atoms with Crippen LogP contribution in [0.25, 0.3) is 0 Å². The highest BCUT2D eigenvalue weighted by atomic mass is 79.9. The maximum atomic E-state index is 14.0. The normalized spacial score (nSPS) is 19.7. The second-order valence-electron chi connectivity index (χ2n) is 10.2. The van der Waals surface area contributed by atoms with Gasteiger partial charge in [-0.1, -0.05) is 81.0 Å². The van der Waals surface area contributed by atoms with E-state index in [1.165, 1.54) is 16.7 Å². The van der Waals surface area contributed by atoms with E-state index in [2.05, 4.69) is 21.2 Å². The molecule has 0 bridgehead atoms. The van der Waals surface area contributed by atoms with Gasteiger partial charge in [0.2, 0.25) is 17.7 Å². The lowest BCUT2D eigenvalue weighted by atomic mass is 9.83. The third-order valence-electron chi connectivity index (χ3n) is 7.37. The number of rotatable bonds is 5. The van der Waals surface area contributed by atoms with Crippen LogP contribution in [0.4, 0.5) is 24.5 Å². The second-order valence-corrected chi connectivity index (χ2v) is 13.2. The van der Waals surface area contributed by atoms with Crippen LogP contribution >= 0.6 is 39.0 Å². The zero-order chi connectivity index (χ0) is 30.6. The molecule has 3 aromatic carbocycles. The Hall–Kier alpha value is -3.68. The molecule has 0 aliphatic carbocycles. The molecule has 3 amide bonds. The Bertz CT molecular complexity index is 1820. The zero-order valence-electron chi connectivity index (χ0n) is 22.2. The van der Waals surface area contributed by atoms with Crippen molar-refractivity contribution in [2.75, 3.05) is 10.2 Å². The Labute approximate surface area is 259 Å². The SMILES string of the molecule is Cc1ccc(NC(=O)Cn2c3c(sc2=O)[C@@H](c2ccc(Br)cc2)[C@@H]2C(=O)N(c4ccccc4C(F)(F)F)C(=O)[C@@H]2S3)cc1.